The van der Waals surface area contributed by atoms with Crippen LogP contribution < -0.4 is 5.73 Å². The summed E-state index contributed by atoms with van der Waals surface area (Å²) >= 11 is 4.74. The quantitative estimate of drug-likeness (QED) is 0.743. The minimum atomic E-state index is -0.0700. The normalized spacial score (nSPS) is 10.0. The lowest BCUT2D eigenvalue weighted by Gasteiger charge is -2.15. The van der Waals surface area contributed by atoms with E-state index in [1.165, 1.54) is 0 Å². The summed E-state index contributed by atoms with van der Waals surface area (Å²) in [6.45, 7) is 0.531. The third-order valence-corrected chi connectivity index (χ3v) is 2.20. The van der Waals surface area contributed by atoms with E-state index in [-0.39, 0.29) is 5.91 Å². The summed E-state index contributed by atoms with van der Waals surface area (Å²) in [4.78, 5) is 13.8. The van der Waals surface area contributed by atoms with Crippen LogP contribution in [0.25, 0.3) is 0 Å². The summed E-state index contributed by atoms with van der Waals surface area (Å²) in [6.07, 6.45) is 3.76. The first-order valence-electron chi connectivity index (χ1n) is 4.53. The molecule has 1 rings (SSSR count). The van der Waals surface area contributed by atoms with Gasteiger partial charge in [-0.3, -0.25) is 9.48 Å². The number of thiocarbonyl (C=S) groups is 1. The maximum Gasteiger partial charge on any atom is 0.256 e. The van der Waals surface area contributed by atoms with Crippen LogP contribution in [0.4, 0.5) is 0 Å². The SMILES string of the molecule is CN(CCC(N)=S)C(=O)c1cnn(C)c1. The third kappa shape index (κ3) is 3.32. The summed E-state index contributed by atoms with van der Waals surface area (Å²) in [5.74, 6) is -0.0700. The van der Waals surface area contributed by atoms with Gasteiger partial charge in [0.1, 0.15) is 0 Å². The van der Waals surface area contributed by atoms with E-state index in [0.717, 1.165) is 0 Å². The van der Waals surface area contributed by atoms with Gasteiger partial charge < -0.3 is 10.6 Å². The number of aryl methyl sites for hydroxylation is 1. The molecule has 0 radical (unpaired) electrons. The van der Waals surface area contributed by atoms with Crippen LogP contribution >= 0.6 is 12.2 Å². The molecule has 1 aromatic heterocycles. The molecular formula is C9H14N4OS. The molecule has 82 valence electrons. The molecule has 0 unspecified atom stereocenters. The first-order valence-corrected chi connectivity index (χ1v) is 4.94. The number of nitrogens with zero attached hydrogens (tertiary/aromatic N) is 3. The van der Waals surface area contributed by atoms with Crippen molar-refractivity contribution in [1.29, 1.82) is 0 Å². The lowest BCUT2D eigenvalue weighted by Crippen LogP contribution is -2.29. The fourth-order valence-electron chi connectivity index (χ4n) is 1.13. The van der Waals surface area contributed by atoms with Crippen LogP contribution in [-0.4, -0.2) is 39.2 Å². The number of hydrogen-bond acceptors (Lipinski definition) is 3. The van der Waals surface area contributed by atoms with Gasteiger partial charge in [0.25, 0.3) is 5.91 Å². The number of nitrogens with two attached hydrogens (primary N) is 1. The molecule has 0 aliphatic rings. The minimum Gasteiger partial charge on any atom is -0.393 e. The van der Waals surface area contributed by atoms with E-state index in [1.807, 2.05) is 0 Å². The number of carbonyl (C=O) groups excluding carboxylic acids is 1. The van der Waals surface area contributed by atoms with Crippen LogP contribution in [0.5, 0.6) is 0 Å². The van der Waals surface area contributed by atoms with E-state index < -0.39 is 0 Å². The predicted molar refractivity (Wildman–Crippen MR) is 61.6 cm³/mol. The van der Waals surface area contributed by atoms with E-state index in [0.29, 0.717) is 23.5 Å². The van der Waals surface area contributed by atoms with Gasteiger partial charge in [0.2, 0.25) is 0 Å². The van der Waals surface area contributed by atoms with E-state index in [9.17, 15) is 4.79 Å². The molecule has 1 heterocycles. The van der Waals surface area contributed by atoms with Gasteiger partial charge in [-0.05, 0) is 0 Å². The standard InChI is InChI=1S/C9H14N4OS/c1-12(4-3-8(10)15)9(14)7-5-11-13(2)6-7/h5-6H,3-4H2,1-2H3,(H2,10,15). The largest absolute Gasteiger partial charge is 0.393 e. The number of aromatic nitrogens is 2. The second-order valence-corrected chi connectivity index (χ2v) is 3.87. The van der Waals surface area contributed by atoms with E-state index in [2.05, 4.69) is 5.10 Å². The Bertz CT molecular complexity index is 374. The van der Waals surface area contributed by atoms with Gasteiger partial charge >= 0.3 is 0 Å². The number of rotatable bonds is 4. The van der Waals surface area contributed by atoms with Crippen molar-refractivity contribution in [2.24, 2.45) is 12.8 Å². The Morgan fingerprint density at radius 3 is 2.87 bits per heavy atom. The van der Waals surface area contributed by atoms with Crippen LogP contribution in [0.3, 0.4) is 0 Å². The minimum absolute atomic E-state index is 0.0700. The van der Waals surface area contributed by atoms with E-state index >= 15 is 0 Å². The summed E-state index contributed by atoms with van der Waals surface area (Å²) < 4.78 is 1.59. The van der Waals surface area contributed by atoms with Gasteiger partial charge in [0, 0.05) is 33.3 Å². The van der Waals surface area contributed by atoms with Gasteiger partial charge in [0.05, 0.1) is 16.7 Å². The molecule has 6 heteroatoms. The third-order valence-electron chi connectivity index (χ3n) is 1.99. The molecule has 15 heavy (non-hydrogen) atoms. The average Bonchev–Trinajstić information content (AvgIpc) is 2.60. The molecule has 0 spiro atoms. The van der Waals surface area contributed by atoms with Gasteiger partial charge in [-0.25, -0.2) is 0 Å². The van der Waals surface area contributed by atoms with Crippen molar-refractivity contribution in [1.82, 2.24) is 14.7 Å². The average molecular weight is 226 g/mol. The highest BCUT2D eigenvalue weighted by Crippen LogP contribution is 2.02. The maximum absolute atomic E-state index is 11.8. The molecule has 0 saturated heterocycles. The summed E-state index contributed by atoms with van der Waals surface area (Å²) in [7, 11) is 3.49. The van der Waals surface area contributed by atoms with Crippen LogP contribution in [0, 0.1) is 0 Å². The Morgan fingerprint density at radius 2 is 2.40 bits per heavy atom. The fourth-order valence-corrected chi connectivity index (χ4v) is 1.22. The summed E-state index contributed by atoms with van der Waals surface area (Å²) in [5.41, 5.74) is 5.93. The monoisotopic (exact) mass is 226 g/mol. The predicted octanol–water partition coefficient (Wildman–Crippen LogP) is 0.168. The first kappa shape index (κ1) is 11.6. The lowest BCUT2D eigenvalue weighted by molar-refractivity contribution is 0.0799. The van der Waals surface area contributed by atoms with Crippen molar-refractivity contribution in [2.45, 2.75) is 6.42 Å². The second kappa shape index (κ2) is 4.88. The zero-order valence-corrected chi connectivity index (χ0v) is 9.62. The zero-order valence-electron chi connectivity index (χ0n) is 8.80. The summed E-state index contributed by atoms with van der Waals surface area (Å²) in [5, 5.41) is 3.93. The van der Waals surface area contributed by atoms with Crippen molar-refractivity contribution in [2.75, 3.05) is 13.6 Å². The molecule has 1 amide bonds. The molecule has 2 N–H and O–H groups in total. The van der Waals surface area contributed by atoms with Crippen LogP contribution in [0.15, 0.2) is 12.4 Å². The molecule has 0 aromatic carbocycles. The molecule has 5 nitrogen and oxygen atoms in total. The van der Waals surface area contributed by atoms with Crippen molar-refractivity contribution in [3.05, 3.63) is 18.0 Å². The topological polar surface area (TPSA) is 64.2 Å². The number of hydrogen-bond donors (Lipinski definition) is 1. The Balaban J connectivity index is 2.57. The van der Waals surface area contributed by atoms with Crippen LogP contribution in [0.1, 0.15) is 16.8 Å². The number of amides is 1. The lowest BCUT2D eigenvalue weighted by atomic mass is 10.3. The fraction of sp³-hybridized carbons (Fsp3) is 0.444. The Kier molecular flexibility index (Phi) is 3.79. The van der Waals surface area contributed by atoms with E-state index in [1.54, 1.807) is 36.1 Å². The number of carbonyl (C=O) groups is 1. The molecule has 0 bridgehead atoms. The Morgan fingerprint density at radius 1 is 1.73 bits per heavy atom. The van der Waals surface area contributed by atoms with Crippen LogP contribution in [-0.2, 0) is 7.05 Å². The molecular weight excluding hydrogens is 212 g/mol. The maximum atomic E-state index is 11.8. The molecule has 1 aromatic rings. The van der Waals surface area contributed by atoms with Crippen LogP contribution in [0.2, 0.25) is 0 Å². The van der Waals surface area contributed by atoms with Crippen molar-refractivity contribution in [3.63, 3.8) is 0 Å². The Labute approximate surface area is 93.8 Å². The van der Waals surface area contributed by atoms with Gasteiger partial charge in [0.15, 0.2) is 0 Å². The van der Waals surface area contributed by atoms with Crippen molar-refractivity contribution < 1.29 is 4.79 Å². The van der Waals surface area contributed by atoms with Gasteiger partial charge in [-0.15, -0.1) is 0 Å². The first-order chi connectivity index (χ1) is 7.00. The Hall–Kier alpha value is -1.43. The van der Waals surface area contributed by atoms with Gasteiger partial charge in [-0.1, -0.05) is 12.2 Å². The highest BCUT2D eigenvalue weighted by atomic mass is 32.1. The smallest absolute Gasteiger partial charge is 0.256 e. The molecule has 0 atom stereocenters. The highest BCUT2D eigenvalue weighted by Gasteiger charge is 2.12. The van der Waals surface area contributed by atoms with Crippen molar-refractivity contribution >= 4 is 23.1 Å². The molecule has 0 aliphatic heterocycles. The molecule has 0 aliphatic carbocycles. The highest BCUT2D eigenvalue weighted by molar-refractivity contribution is 7.80. The second-order valence-electron chi connectivity index (χ2n) is 3.35. The zero-order chi connectivity index (χ0) is 11.4. The summed E-state index contributed by atoms with van der Waals surface area (Å²) in [6, 6.07) is 0. The van der Waals surface area contributed by atoms with Crippen molar-refractivity contribution in [3.8, 4) is 0 Å². The molecule has 0 saturated carbocycles. The van der Waals surface area contributed by atoms with E-state index in [4.69, 9.17) is 18.0 Å². The molecule has 0 fully saturated rings. The van der Waals surface area contributed by atoms with Gasteiger partial charge in [-0.2, -0.15) is 5.10 Å².